The maximum absolute atomic E-state index is 13.3. The molecule has 0 heterocycles. The number of carboxylic acid groups (broad SMARTS) is 1. The number of hydrogen-bond donors (Lipinski definition) is 2. The molecule has 1 atom stereocenters. The quantitative estimate of drug-likeness (QED) is 0.764. The van der Waals surface area contributed by atoms with Crippen molar-refractivity contribution in [3.63, 3.8) is 0 Å². The van der Waals surface area contributed by atoms with E-state index in [4.69, 9.17) is 9.84 Å². The van der Waals surface area contributed by atoms with Crippen LogP contribution < -0.4 is 0 Å². The smallest absolute Gasteiger partial charge is 0.337 e. The molecule has 0 spiro atoms. The van der Waals surface area contributed by atoms with Crippen LogP contribution in [0, 0.1) is 5.82 Å². The van der Waals surface area contributed by atoms with Crippen molar-refractivity contribution in [3.8, 4) is 0 Å². The number of aliphatic hydroxyl groups excluding tert-OH is 1. The van der Waals surface area contributed by atoms with Gasteiger partial charge in [-0.25, -0.2) is 9.18 Å². The Hall–Kier alpha value is -1.95. The van der Waals surface area contributed by atoms with Crippen LogP contribution in [0.25, 0.3) is 0 Å². The van der Waals surface area contributed by atoms with E-state index in [-0.39, 0.29) is 25.0 Å². The van der Waals surface area contributed by atoms with Crippen molar-refractivity contribution < 1.29 is 28.9 Å². The number of aliphatic hydroxyl groups is 1. The fraction of sp³-hybridized carbons (Fsp3) is 0.385. The van der Waals surface area contributed by atoms with E-state index in [2.05, 4.69) is 0 Å². The molecule has 1 aromatic rings. The van der Waals surface area contributed by atoms with Gasteiger partial charge in [0.15, 0.2) is 6.10 Å². The number of carboxylic acids is 1. The number of benzene rings is 1. The van der Waals surface area contributed by atoms with Gasteiger partial charge < -0.3 is 14.9 Å². The van der Waals surface area contributed by atoms with E-state index in [1.807, 2.05) is 0 Å². The first-order chi connectivity index (χ1) is 8.93. The minimum Gasteiger partial charge on any atom is -0.479 e. The summed E-state index contributed by atoms with van der Waals surface area (Å²) in [6.07, 6.45) is -1.49. The lowest BCUT2D eigenvalue weighted by atomic mass is 10.0. The van der Waals surface area contributed by atoms with Crippen LogP contribution in [-0.2, 0) is 20.7 Å². The van der Waals surface area contributed by atoms with Gasteiger partial charge in [0.1, 0.15) is 5.82 Å². The van der Waals surface area contributed by atoms with E-state index in [1.54, 1.807) is 6.92 Å². The van der Waals surface area contributed by atoms with Gasteiger partial charge in [-0.05, 0) is 36.6 Å². The molecule has 0 aromatic heterocycles. The third-order valence-corrected chi connectivity index (χ3v) is 2.45. The molecule has 19 heavy (non-hydrogen) atoms. The molecule has 0 aliphatic carbocycles. The van der Waals surface area contributed by atoms with Crippen molar-refractivity contribution >= 4 is 11.9 Å². The van der Waals surface area contributed by atoms with Gasteiger partial charge in [0.25, 0.3) is 0 Å². The average molecular weight is 270 g/mol. The Bertz CT molecular complexity index is 472. The van der Waals surface area contributed by atoms with Crippen LogP contribution >= 0.6 is 0 Å². The van der Waals surface area contributed by atoms with Crippen LogP contribution in [0.5, 0.6) is 0 Å². The molecule has 0 amide bonds. The minimum atomic E-state index is -1.78. The molecular weight excluding hydrogens is 255 g/mol. The standard InChI is InChI=1S/C13H15FO5/c1-2-19-11(15)4-3-8-5-9(7-10(14)6-8)12(16)13(17)18/h5-7,12,16H,2-4H2,1H3,(H,17,18). The van der Waals surface area contributed by atoms with Crippen LogP contribution in [0.1, 0.15) is 30.6 Å². The molecule has 5 nitrogen and oxygen atoms in total. The zero-order valence-corrected chi connectivity index (χ0v) is 10.4. The summed E-state index contributed by atoms with van der Waals surface area (Å²) in [4.78, 5) is 21.8. The van der Waals surface area contributed by atoms with Crippen molar-refractivity contribution in [2.24, 2.45) is 0 Å². The van der Waals surface area contributed by atoms with Gasteiger partial charge in [-0.2, -0.15) is 0 Å². The van der Waals surface area contributed by atoms with Crippen LogP contribution in [-0.4, -0.2) is 28.8 Å². The molecule has 0 aliphatic rings. The third-order valence-electron chi connectivity index (χ3n) is 2.45. The molecular formula is C13H15FO5. The maximum Gasteiger partial charge on any atom is 0.337 e. The number of hydrogen-bond acceptors (Lipinski definition) is 4. The molecule has 104 valence electrons. The highest BCUT2D eigenvalue weighted by atomic mass is 19.1. The Kier molecular flexibility index (Phi) is 5.44. The SMILES string of the molecule is CCOC(=O)CCc1cc(F)cc(C(O)C(=O)O)c1. The van der Waals surface area contributed by atoms with Crippen LogP contribution in [0.2, 0.25) is 0 Å². The number of aryl methyl sites for hydroxylation is 1. The summed E-state index contributed by atoms with van der Waals surface area (Å²) >= 11 is 0. The summed E-state index contributed by atoms with van der Waals surface area (Å²) in [5.74, 6) is -2.52. The fourth-order valence-corrected chi connectivity index (χ4v) is 1.60. The number of carbonyl (C=O) groups excluding carboxylic acids is 1. The second-order valence-corrected chi connectivity index (χ2v) is 3.94. The Morgan fingerprint density at radius 1 is 1.37 bits per heavy atom. The zero-order chi connectivity index (χ0) is 14.4. The molecule has 0 saturated heterocycles. The van der Waals surface area contributed by atoms with Gasteiger partial charge in [0, 0.05) is 6.42 Å². The lowest BCUT2D eigenvalue weighted by Crippen LogP contribution is -2.11. The van der Waals surface area contributed by atoms with Gasteiger partial charge in [0.2, 0.25) is 0 Å². The van der Waals surface area contributed by atoms with Crippen LogP contribution in [0.15, 0.2) is 18.2 Å². The second kappa shape index (κ2) is 6.84. The van der Waals surface area contributed by atoms with Crippen molar-refractivity contribution in [2.75, 3.05) is 6.61 Å². The number of carbonyl (C=O) groups is 2. The summed E-state index contributed by atoms with van der Waals surface area (Å²) in [5, 5.41) is 18.0. The van der Waals surface area contributed by atoms with Gasteiger partial charge in [-0.15, -0.1) is 0 Å². The van der Waals surface area contributed by atoms with Crippen LogP contribution in [0.3, 0.4) is 0 Å². The summed E-state index contributed by atoms with van der Waals surface area (Å²) in [5.41, 5.74) is 0.384. The molecule has 1 aromatic carbocycles. The number of ether oxygens (including phenoxy) is 1. The minimum absolute atomic E-state index is 0.0497. The first-order valence-electron chi connectivity index (χ1n) is 5.80. The number of aliphatic carboxylic acids is 1. The Balaban J connectivity index is 2.79. The van der Waals surface area contributed by atoms with E-state index in [0.717, 1.165) is 6.07 Å². The Morgan fingerprint density at radius 3 is 2.63 bits per heavy atom. The first-order valence-corrected chi connectivity index (χ1v) is 5.80. The van der Waals surface area contributed by atoms with Gasteiger partial charge in [-0.1, -0.05) is 6.07 Å². The monoisotopic (exact) mass is 270 g/mol. The number of rotatable bonds is 6. The first kappa shape index (κ1) is 15.1. The molecule has 1 rings (SSSR count). The molecule has 1 unspecified atom stereocenters. The van der Waals surface area contributed by atoms with Gasteiger partial charge in [0.05, 0.1) is 6.61 Å². The Labute approximate surface area is 109 Å². The lowest BCUT2D eigenvalue weighted by Gasteiger charge is -2.09. The van der Waals surface area contributed by atoms with Crippen molar-refractivity contribution in [2.45, 2.75) is 25.9 Å². The fourth-order valence-electron chi connectivity index (χ4n) is 1.60. The van der Waals surface area contributed by atoms with Crippen LogP contribution in [0.4, 0.5) is 4.39 Å². The van der Waals surface area contributed by atoms with E-state index < -0.39 is 23.9 Å². The molecule has 0 aliphatic heterocycles. The normalized spacial score (nSPS) is 11.9. The van der Waals surface area contributed by atoms with Crippen molar-refractivity contribution in [1.82, 2.24) is 0 Å². The predicted octanol–water partition coefficient (Wildman–Crippen LogP) is 1.44. The van der Waals surface area contributed by atoms with Crippen molar-refractivity contribution in [3.05, 3.63) is 35.1 Å². The number of esters is 1. The molecule has 0 saturated carbocycles. The van der Waals surface area contributed by atoms with E-state index in [9.17, 15) is 19.1 Å². The topological polar surface area (TPSA) is 83.8 Å². The maximum atomic E-state index is 13.3. The van der Waals surface area contributed by atoms with E-state index >= 15 is 0 Å². The summed E-state index contributed by atoms with van der Waals surface area (Å²) in [6, 6.07) is 3.50. The van der Waals surface area contributed by atoms with E-state index in [1.165, 1.54) is 12.1 Å². The van der Waals surface area contributed by atoms with Crippen molar-refractivity contribution in [1.29, 1.82) is 0 Å². The third kappa shape index (κ3) is 4.67. The molecule has 2 N–H and O–H groups in total. The molecule has 0 fully saturated rings. The second-order valence-electron chi connectivity index (χ2n) is 3.94. The largest absolute Gasteiger partial charge is 0.479 e. The molecule has 0 bridgehead atoms. The predicted molar refractivity (Wildman–Crippen MR) is 63.9 cm³/mol. The average Bonchev–Trinajstić information content (AvgIpc) is 2.35. The zero-order valence-electron chi connectivity index (χ0n) is 10.4. The Morgan fingerprint density at radius 2 is 2.05 bits per heavy atom. The summed E-state index contributed by atoms with van der Waals surface area (Å²) < 4.78 is 18.0. The number of halogens is 1. The lowest BCUT2D eigenvalue weighted by molar-refractivity contribution is -0.147. The molecule has 6 heteroatoms. The molecule has 0 radical (unpaired) electrons. The highest BCUT2D eigenvalue weighted by Crippen LogP contribution is 2.18. The highest BCUT2D eigenvalue weighted by molar-refractivity contribution is 5.74. The van der Waals surface area contributed by atoms with Gasteiger partial charge >= 0.3 is 11.9 Å². The highest BCUT2D eigenvalue weighted by Gasteiger charge is 2.17. The summed E-state index contributed by atoms with van der Waals surface area (Å²) in [7, 11) is 0. The van der Waals surface area contributed by atoms with Gasteiger partial charge in [-0.3, -0.25) is 4.79 Å². The summed E-state index contributed by atoms with van der Waals surface area (Å²) in [6.45, 7) is 1.95. The van der Waals surface area contributed by atoms with E-state index in [0.29, 0.717) is 5.56 Å².